The minimum Gasteiger partial charge on any atom is -0.450 e. The van der Waals surface area contributed by atoms with Gasteiger partial charge in [0.05, 0.1) is 0 Å². The van der Waals surface area contributed by atoms with E-state index < -0.39 is 15.1 Å². The molecule has 0 bridgehead atoms. The minimum atomic E-state index is -0.945. The molecular weight excluding hydrogens is 470 g/mol. The molecule has 1 aliphatic heterocycles. The predicted octanol–water partition coefficient (Wildman–Crippen LogP) is 5.62. The smallest absolute Gasteiger partial charge is 0.302 e. The Bertz CT molecular complexity index is 1070. The van der Waals surface area contributed by atoms with Gasteiger partial charge >= 0.3 is 6.02 Å². The van der Waals surface area contributed by atoms with Gasteiger partial charge in [0.2, 0.25) is 5.91 Å². The number of nitrogens with one attached hydrogen (secondary N) is 1. The number of rotatable bonds is 11. The van der Waals surface area contributed by atoms with Crippen molar-refractivity contribution in [3.63, 3.8) is 0 Å². The number of benzene rings is 1. The largest absolute Gasteiger partial charge is 0.450 e. The first-order valence-electron chi connectivity index (χ1n) is 13.2. The van der Waals surface area contributed by atoms with Gasteiger partial charge in [-0.3, -0.25) is 14.5 Å². The van der Waals surface area contributed by atoms with Crippen LogP contribution in [0.5, 0.6) is 0 Å². The summed E-state index contributed by atoms with van der Waals surface area (Å²) in [6.45, 7) is 13.5. The van der Waals surface area contributed by atoms with Gasteiger partial charge in [-0.1, -0.05) is 65.2 Å². The fourth-order valence-corrected chi connectivity index (χ4v) is 5.47. The number of aromatic amines is 1. The van der Waals surface area contributed by atoms with Gasteiger partial charge in [-0.05, 0) is 43.0 Å². The van der Waals surface area contributed by atoms with Crippen molar-refractivity contribution >= 4 is 37.8 Å². The first kappa shape index (κ1) is 28.1. The maximum absolute atomic E-state index is 13.5. The van der Waals surface area contributed by atoms with E-state index in [0.717, 1.165) is 55.2 Å². The molecule has 198 valence electrons. The minimum absolute atomic E-state index is 0.0522. The molecule has 0 radical (unpaired) electrons. The number of ether oxygens (including phenoxy) is 1. The van der Waals surface area contributed by atoms with E-state index in [0.29, 0.717) is 0 Å². The summed E-state index contributed by atoms with van der Waals surface area (Å²) in [5.41, 5.74) is 1.81. The van der Waals surface area contributed by atoms with Crippen molar-refractivity contribution in [2.75, 3.05) is 13.7 Å². The molecule has 1 unspecified atom stereocenters. The Balaban J connectivity index is 1.60. The summed E-state index contributed by atoms with van der Waals surface area (Å²) in [7, 11) is 0.721. The third-order valence-electron chi connectivity index (χ3n) is 7.05. The molecule has 3 rings (SSSR count). The number of H-pyrrole nitrogens is 1. The lowest BCUT2D eigenvalue weighted by Crippen LogP contribution is -2.43. The van der Waals surface area contributed by atoms with Gasteiger partial charge in [-0.15, -0.1) is 0 Å². The molecule has 1 aliphatic rings. The highest BCUT2D eigenvalue weighted by atomic mass is 28.3. The second kappa shape index (κ2) is 12.2. The van der Waals surface area contributed by atoms with Crippen LogP contribution in [0, 0.1) is 11.3 Å². The van der Waals surface area contributed by atoms with Crippen LogP contribution in [-0.2, 0) is 18.8 Å². The molecule has 0 aliphatic carbocycles. The van der Waals surface area contributed by atoms with Crippen molar-refractivity contribution in [2.24, 2.45) is 16.3 Å². The number of hydrogen-bond acceptors (Lipinski definition) is 4. The zero-order valence-electron chi connectivity index (χ0n) is 23.0. The fraction of sp³-hybridized carbons (Fsp3) is 0.607. The van der Waals surface area contributed by atoms with Gasteiger partial charge in [-0.2, -0.15) is 4.99 Å². The predicted molar refractivity (Wildman–Crippen MR) is 148 cm³/mol. The second-order valence-corrected chi connectivity index (χ2v) is 13.7. The van der Waals surface area contributed by atoms with Gasteiger partial charge in [0, 0.05) is 42.6 Å². The summed E-state index contributed by atoms with van der Waals surface area (Å²) in [4.78, 5) is 35.2. The Morgan fingerprint density at radius 1 is 1.19 bits per heavy atom. The van der Waals surface area contributed by atoms with Crippen molar-refractivity contribution < 1.29 is 18.8 Å². The summed E-state index contributed by atoms with van der Waals surface area (Å²) < 4.78 is 11.8. The van der Waals surface area contributed by atoms with E-state index in [1.807, 2.05) is 37.4 Å². The number of amidine groups is 1. The maximum Gasteiger partial charge on any atom is 0.302 e. The molecule has 7 nitrogen and oxygen atoms in total. The number of carbonyl (C=O) groups is 2. The van der Waals surface area contributed by atoms with E-state index in [1.54, 1.807) is 7.05 Å². The molecule has 0 spiro atoms. The molecule has 0 saturated heterocycles. The van der Waals surface area contributed by atoms with Gasteiger partial charge in [0.15, 0.2) is 15.1 Å². The van der Waals surface area contributed by atoms with E-state index >= 15 is 0 Å². The lowest BCUT2D eigenvalue weighted by molar-refractivity contribution is -0.135. The first-order chi connectivity index (χ1) is 17.0. The molecule has 2 aromatic rings. The van der Waals surface area contributed by atoms with Crippen molar-refractivity contribution in [2.45, 2.75) is 84.9 Å². The standard InChI is InChI=1S/C28H43N3O4Si/c1-19(21-18-29-23-16-12-11-14-20(21)23)24-25(32)30-27(35-24)31(5)26(33)22(28(2,3)4)15-10-8-9-13-17-34-36(6)7/h11-12,14,16,18-19,22,24,29,36H,8-10,13,15,17H2,1-7H3/t19-,22?,24+/m1/s1. The van der Waals surface area contributed by atoms with E-state index in [4.69, 9.17) is 9.16 Å². The zero-order valence-corrected chi connectivity index (χ0v) is 24.1. The number of amides is 2. The SMILES string of the molecule is C[C@H](c1c[nH]c2ccccc12)[C@@H]1OC(N(C)C(=O)C(CCCCCCO[SiH](C)C)C(C)(C)C)=NC1=O. The van der Waals surface area contributed by atoms with Crippen molar-refractivity contribution in [3.8, 4) is 0 Å². The summed E-state index contributed by atoms with van der Waals surface area (Å²) >= 11 is 0. The molecule has 2 heterocycles. The topological polar surface area (TPSA) is 84.0 Å². The Morgan fingerprint density at radius 3 is 2.58 bits per heavy atom. The normalized spacial score (nSPS) is 17.8. The average Bonchev–Trinajstić information content (AvgIpc) is 3.42. The quantitative estimate of drug-likeness (QED) is 0.312. The maximum atomic E-state index is 13.5. The van der Waals surface area contributed by atoms with Crippen LogP contribution in [-0.4, -0.2) is 56.5 Å². The number of nitrogens with zero attached hydrogens (tertiary/aromatic N) is 2. The third-order valence-corrected chi connectivity index (χ3v) is 7.95. The summed E-state index contributed by atoms with van der Waals surface area (Å²) in [6.07, 6.45) is 6.20. The molecule has 2 amide bonds. The number of aliphatic imine (C=N–C) groups is 1. The molecule has 1 aromatic heterocycles. The Morgan fingerprint density at radius 2 is 1.89 bits per heavy atom. The highest BCUT2D eigenvalue weighted by Crippen LogP contribution is 2.34. The summed E-state index contributed by atoms with van der Waals surface area (Å²) in [5.74, 6) is -0.794. The van der Waals surface area contributed by atoms with E-state index in [-0.39, 0.29) is 35.1 Å². The van der Waals surface area contributed by atoms with Crippen LogP contribution in [0.2, 0.25) is 13.1 Å². The number of aromatic nitrogens is 1. The van der Waals surface area contributed by atoms with Crippen LogP contribution >= 0.6 is 0 Å². The van der Waals surface area contributed by atoms with Crippen LogP contribution in [0.25, 0.3) is 10.9 Å². The summed E-state index contributed by atoms with van der Waals surface area (Å²) in [6, 6.07) is 8.09. The highest BCUT2D eigenvalue weighted by Gasteiger charge is 2.41. The highest BCUT2D eigenvalue weighted by molar-refractivity contribution is 6.48. The Kier molecular flexibility index (Phi) is 9.52. The third kappa shape index (κ3) is 6.85. The second-order valence-electron chi connectivity index (χ2n) is 11.3. The molecule has 36 heavy (non-hydrogen) atoms. The lowest BCUT2D eigenvalue weighted by Gasteiger charge is -2.32. The lowest BCUT2D eigenvalue weighted by atomic mass is 9.77. The molecule has 3 atom stereocenters. The van der Waals surface area contributed by atoms with Gasteiger partial charge in [0.1, 0.15) is 0 Å². The number of para-hydroxylation sites is 1. The van der Waals surface area contributed by atoms with Crippen molar-refractivity contribution in [3.05, 3.63) is 36.0 Å². The molecular formula is C28H43N3O4Si. The number of fused-ring (bicyclic) bond motifs is 1. The molecule has 8 heteroatoms. The number of carbonyl (C=O) groups excluding carboxylic acids is 2. The van der Waals surface area contributed by atoms with Gasteiger partial charge < -0.3 is 14.1 Å². The molecule has 0 fully saturated rings. The van der Waals surface area contributed by atoms with E-state index in [9.17, 15) is 9.59 Å². The van der Waals surface area contributed by atoms with Crippen molar-refractivity contribution in [1.29, 1.82) is 0 Å². The number of hydrogen-bond donors (Lipinski definition) is 1. The monoisotopic (exact) mass is 513 g/mol. The fourth-order valence-electron chi connectivity index (χ4n) is 4.83. The number of unbranched alkanes of at least 4 members (excludes halogenated alkanes) is 3. The average molecular weight is 514 g/mol. The van der Waals surface area contributed by atoms with Crippen LogP contribution in [0.3, 0.4) is 0 Å². The van der Waals surface area contributed by atoms with Crippen LogP contribution < -0.4 is 0 Å². The first-order valence-corrected chi connectivity index (χ1v) is 16.0. The van der Waals surface area contributed by atoms with Crippen LogP contribution in [0.15, 0.2) is 35.5 Å². The van der Waals surface area contributed by atoms with E-state index in [2.05, 4.69) is 43.8 Å². The van der Waals surface area contributed by atoms with Crippen LogP contribution in [0.1, 0.15) is 71.3 Å². The molecule has 1 aromatic carbocycles. The Hall–Kier alpha value is -2.45. The van der Waals surface area contributed by atoms with E-state index in [1.165, 1.54) is 4.90 Å². The molecule has 1 N–H and O–H groups in total. The van der Waals surface area contributed by atoms with Crippen molar-refractivity contribution in [1.82, 2.24) is 9.88 Å². The zero-order chi connectivity index (χ0) is 26.5. The summed E-state index contributed by atoms with van der Waals surface area (Å²) in [5, 5.41) is 1.06. The Labute approximate surface area is 217 Å². The molecule has 0 saturated carbocycles. The van der Waals surface area contributed by atoms with Gasteiger partial charge in [-0.25, -0.2) is 0 Å². The van der Waals surface area contributed by atoms with Crippen LogP contribution in [0.4, 0.5) is 0 Å². The van der Waals surface area contributed by atoms with Gasteiger partial charge in [0.25, 0.3) is 5.91 Å².